The molecule has 21 heavy (non-hydrogen) atoms. The highest BCUT2D eigenvalue weighted by Gasteiger charge is 2.20. The van der Waals surface area contributed by atoms with Crippen molar-refractivity contribution in [1.29, 1.82) is 0 Å². The van der Waals surface area contributed by atoms with E-state index in [1.807, 2.05) is 0 Å². The van der Waals surface area contributed by atoms with Crippen LogP contribution < -0.4 is 0 Å². The number of carbonyl (C=O) groups is 1. The fourth-order valence-corrected chi connectivity index (χ4v) is 3.02. The Morgan fingerprint density at radius 1 is 1.29 bits per heavy atom. The minimum atomic E-state index is -3.51. The lowest BCUT2D eigenvalue weighted by Gasteiger charge is -2.17. The van der Waals surface area contributed by atoms with E-state index in [1.54, 1.807) is 19.2 Å². The molecule has 118 valence electrons. The molecule has 0 spiro atoms. The van der Waals surface area contributed by atoms with Crippen LogP contribution in [0.25, 0.3) is 0 Å². The topological polar surface area (TPSA) is 83.9 Å². The van der Waals surface area contributed by atoms with Crippen LogP contribution >= 0.6 is 0 Å². The molecule has 0 aliphatic heterocycles. The van der Waals surface area contributed by atoms with Crippen molar-refractivity contribution in [1.82, 2.24) is 4.31 Å². The van der Waals surface area contributed by atoms with Gasteiger partial charge in [0.2, 0.25) is 10.0 Å². The first-order valence-corrected chi connectivity index (χ1v) is 8.08. The first-order valence-electron chi connectivity index (χ1n) is 6.64. The quantitative estimate of drug-likeness (QED) is 0.696. The predicted octanol–water partition coefficient (Wildman–Crippen LogP) is 1.36. The first kappa shape index (κ1) is 17.6. The van der Waals surface area contributed by atoms with Crippen molar-refractivity contribution in [2.75, 3.05) is 27.3 Å². The Labute approximate surface area is 125 Å². The second-order valence-electron chi connectivity index (χ2n) is 4.71. The summed E-state index contributed by atoms with van der Waals surface area (Å²) >= 11 is 0. The van der Waals surface area contributed by atoms with Crippen LogP contribution in [0.5, 0.6) is 0 Å². The fraction of sp³-hybridized carbons (Fsp3) is 0.500. The number of carboxylic acids is 1. The third-order valence-electron chi connectivity index (χ3n) is 3.08. The molecule has 1 aromatic rings. The Morgan fingerprint density at radius 2 is 1.90 bits per heavy atom. The van der Waals surface area contributed by atoms with E-state index >= 15 is 0 Å². The maximum absolute atomic E-state index is 12.3. The standard InChI is InChI=1S/C14H21NO5S/c1-15(10-3-11-20-2)21(18,19)13-7-4-12(5-8-13)6-9-14(16)17/h4-5,7-8H,3,6,9-11H2,1-2H3,(H,16,17). The fourth-order valence-electron chi connectivity index (χ4n) is 1.81. The molecule has 0 radical (unpaired) electrons. The van der Waals surface area contributed by atoms with Crippen LogP contribution in [0.4, 0.5) is 0 Å². The molecule has 0 aromatic heterocycles. The average molecular weight is 315 g/mol. The van der Waals surface area contributed by atoms with Crippen LogP contribution in [0.3, 0.4) is 0 Å². The van der Waals surface area contributed by atoms with Gasteiger partial charge in [0.1, 0.15) is 0 Å². The highest BCUT2D eigenvalue weighted by atomic mass is 32.2. The van der Waals surface area contributed by atoms with Crippen molar-refractivity contribution in [3.05, 3.63) is 29.8 Å². The van der Waals surface area contributed by atoms with Gasteiger partial charge < -0.3 is 9.84 Å². The monoisotopic (exact) mass is 315 g/mol. The van der Waals surface area contributed by atoms with Crippen molar-refractivity contribution in [3.63, 3.8) is 0 Å². The molecule has 0 fully saturated rings. The lowest BCUT2D eigenvalue weighted by Crippen LogP contribution is -2.28. The number of sulfonamides is 1. The summed E-state index contributed by atoms with van der Waals surface area (Å²) in [6.07, 6.45) is 1.05. The molecule has 6 nitrogen and oxygen atoms in total. The van der Waals surface area contributed by atoms with Crippen molar-refractivity contribution in [2.45, 2.75) is 24.2 Å². The highest BCUT2D eigenvalue weighted by molar-refractivity contribution is 7.89. The number of aliphatic carboxylic acids is 1. The van der Waals surface area contributed by atoms with Gasteiger partial charge in [0, 0.05) is 33.7 Å². The molecule has 0 heterocycles. The molecule has 0 aliphatic rings. The Hall–Kier alpha value is -1.44. The summed E-state index contributed by atoms with van der Waals surface area (Å²) in [6, 6.07) is 6.33. The maximum Gasteiger partial charge on any atom is 0.303 e. The van der Waals surface area contributed by atoms with Gasteiger partial charge in [-0.25, -0.2) is 12.7 Å². The molecule has 0 aliphatic carbocycles. The number of hydrogen-bond donors (Lipinski definition) is 1. The van der Waals surface area contributed by atoms with Crippen LogP contribution in [0.15, 0.2) is 29.2 Å². The summed E-state index contributed by atoms with van der Waals surface area (Å²) in [7, 11) is -0.401. The Bertz CT molecular complexity index is 553. The first-order chi connectivity index (χ1) is 9.87. The molecular formula is C14H21NO5S. The van der Waals surface area contributed by atoms with E-state index in [0.29, 0.717) is 26.0 Å². The van der Waals surface area contributed by atoms with Crippen LogP contribution in [-0.4, -0.2) is 51.1 Å². The molecule has 1 rings (SSSR count). The molecule has 1 aromatic carbocycles. The maximum atomic E-state index is 12.3. The molecule has 1 N–H and O–H groups in total. The van der Waals surface area contributed by atoms with Crippen molar-refractivity contribution in [2.24, 2.45) is 0 Å². The van der Waals surface area contributed by atoms with Gasteiger partial charge in [0.25, 0.3) is 0 Å². The summed E-state index contributed by atoms with van der Waals surface area (Å²) in [5.41, 5.74) is 0.804. The van der Waals surface area contributed by atoms with Gasteiger partial charge in [0.05, 0.1) is 4.90 Å². The number of rotatable bonds is 9. The van der Waals surface area contributed by atoms with E-state index in [4.69, 9.17) is 9.84 Å². The molecule has 0 atom stereocenters. The predicted molar refractivity (Wildman–Crippen MR) is 78.7 cm³/mol. The normalized spacial score (nSPS) is 11.8. The molecule has 0 saturated carbocycles. The lowest BCUT2D eigenvalue weighted by molar-refractivity contribution is -0.136. The zero-order chi connectivity index (χ0) is 15.9. The highest BCUT2D eigenvalue weighted by Crippen LogP contribution is 2.16. The number of aryl methyl sites for hydroxylation is 1. The number of nitrogens with zero attached hydrogens (tertiary/aromatic N) is 1. The van der Waals surface area contributed by atoms with Crippen LogP contribution in [0.2, 0.25) is 0 Å². The Kier molecular flexibility index (Phi) is 6.80. The van der Waals surface area contributed by atoms with Gasteiger partial charge in [-0.3, -0.25) is 4.79 Å². The van der Waals surface area contributed by atoms with E-state index in [2.05, 4.69) is 0 Å². The van der Waals surface area contributed by atoms with Gasteiger partial charge in [-0.2, -0.15) is 0 Å². The van der Waals surface area contributed by atoms with Gasteiger partial charge >= 0.3 is 5.97 Å². The van der Waals surface area contributed by atoms with E-state index in [1.165, 1.54) is 23.5 Å². The third-order valence-corrected chi connectivity index (χ3v) is 4.95. The second kappa shape index (κ2) is 8.11. The Morgan fingerprint density at radius 3 is 2.43 bits per heavy atom. The molecular weight excluding hydrogens is 294 g/mol. The van der Waals surface area contributed by atoms with Crippen LogP contribution in [0, 0.1) is 0 Å². The zero-order valence-corrected chi connectivity index (χ0v) is 13.1. The van der Waals surface area contributed by atoms with Crippen molar-refractivity contribution in [3.8, 4) is 0 Å². The summed E-state index contributed by atoms with van der Waals surface area (Å²) in [6.45, 7) is 0.894. The molecule has 0 unspecified atom stereocenters. The van der Waals surface area contributed by atoms with Gasteiger partial charge in [-0.1, -0.05) is 12.1 Å². The number of ether oxygens (including phenoxy) is 1. The van der Waals surface area contributed by atoms with E-state index in [-0.39, 0.29) is 11.3 Å². The smallest absolute Gasteiger partial charge is 0.303 e. The summed E-state index contributed by atoms with van der Waals surface area (Å²) in [5, 5.41) is 8.62. The summed E-state index contributed by atoms with van der Waals surface area (Å²) in [4.78, 5) is 10.7. The number of carboxylic acid groups (broad SMARTS) is 1. The third kappa shape index (κ3) is 5.45. The lowest BCUT2D eigenvalue weighted by atomic mass is 10.1. The van der Waals surface area contributed by atoms with Gasteiger partial charge in [0.15, 0.2) is 0 Å². The second-order valence-corrected chi connectivity index (χ2v) is 6.76. The minimum absolute atomic E-state index is 0.0308. The zero-order valence-electron chi connectivity index (χ0n) is 12.3. The number of benzene rings is 1. The van der Waals surface area contributed by atoms with Crippen molar-refractivity contribution < 1.29 is 23.1 Å². The van der Waals surface area contributed by atoms with Gasteiger partial charge in [-0.15, -0.1) is 0 Å². The largest absolute Gasteiger partial charge is 0.481 e. The SMILES string of the molecule is COCCCN(C)S(=O)(=O)c1ccc(CCC(=O)O)cc1. The van der Waals surface area contributed by atoms with Crippen LogP contribution in [0.1, 0.15) is 18.4 Å². The number of hydrogen-bond acceptors (Lipinski definition) is 4. The molecule has 7 heteroatoms. The van der Waals surface area contributed by atoms with E-state index in [0.717, 1.165) is 5.56 Å². The molecule has 0 bridgehead atoms. The molecule has 0 amide bonds. The minimum Gasteiger partial charge on any atom is -0.481 e. The average Bonchev–Trinajstić information content (AvgIpc) is 2.45. The summed E-state index contributed by atoms with van der Waals surface area (Å²) in [5.74, 6) is -0.871. The Balaban J connectivity index is 2.72. The van der Waals surface area contributed by atoms with Crippen molar-refractivity contribution >= 4 is 16.0 Å². The number of methoxy groups -OCH3 is 1. The van der Waals surface area contributed by atoms with E-state index < -0.39 is 16.0 Å². The van der Waals surface area contributed by atoms with Gasteiger partial charge in [-0.05, 0) is 30.5 Å². The van der Waals surface area contributed by atoms with E-state index in [9.17, 15) is 13.2 Å². The van der Waals surface area contributed by atoms with Crippen LogP contribution in [-0.2, 0) is 26.0 Å². The molecule has 0 saturated heterocycles. The summed E-state index contributed by atoms with van der Waals surface area (Å²) < 4.78 is 30.8.